The van der Waals surface area contributed by atoms with Crippen LogP contribution in [0.4, 0.5) is 4.79 Å². The Balaban J connectivity index is 2.59. The molecule has 0 saturated carbocycles. The van der Waals surface area contributed by atoms with Gasteiger partial charge in [0.2, 0.25) is 0 Å². The molecule has 2 amide bonds. The molecule has 0 aliphatic carbocycles. The van der Waals surface area contributed by atoms with Crippen LogP contribution in [0.2, 0.25) is 0 Å². The molecule has 1 rings (SSSR count). The molecule has 19 heavy (non-hydrogen) atoms. The molecular formula is C14H26N2O3. The van der Waals surface area contributed by atoms with Crippen LogP contribution < -0.4 is 5.32 Å². The van der Waals surface area contributed by atoms with Crippen LogP contribution >= 0.6 is 0 Å². The zero-order valence-corrected chi connectivity index (χ0v) is 12.4. The van der Waals surface area contributed by atoms with E-state index >= 15 is 0 Å². The van der Waals surface area contributed by atoms with E-state index in [1.807, 2.05) is 13.8 Å². The number of amides is 2. The van der Waals surface area contributed by atoms with Crippen molar-refractivity contribution in [2.24, 2.45) is 11.8 Å². The number of carbonyl (C=O) groups is 2. The van der Waals surface area contributed by atoms with Crippen LogP contribution in [0.5, 0.6) is 0 Å². The minimum absolute atomic E-state index is 0.00603. The molecule has 110 valence electrons. The number of carbonyl (C=O) groups excluding carboxylic acids is 1. The van der Waals surface area contributed by atoms with Crippen LogP contribution in [0.15, 0.2) is 0 Å². The van der Waals surface area contributed by atoms with E-state index in [1.165, 1.54) is 0 Å². The molecule has 0 spiro atoms. The van der Waals surface area contributed by atoms with Crippen LogP contribution in [0.1, 0.15) is 47.0 Å². The highest BCUT2D eigenvalue weighted by Gasteiger charge is 2.34. The van der Waals surface area contributed by atoms with Crippen molar-refractivity contribution in [3.05, 3.63) is 0 Å². The smallest absolute Gasteiger partial charge is 0.317 e. The first-order valence-corrected chi connectivity index (χ1v) is 7.13. The predicted octanol–water partition coefficient (Wildman–Crippen LogP) is 2.32. The van der Waals surface area contributed by atoms with Crippen molar-refractivity contribution in [3.8, 4) is 0 Å². The van der Waals surface area contributed by atoms with Crippen molar-refractivity contribution in [3.63, 3.8) is 0 Å². The highest BCUT2D eigenvalue weighted by atomic mass is 16.4. The van der Waals surface area contributed by atoms with Gasteiger partial charge in [0.05, 0.1) is 5.92 Å². The van der Waals surface area contributed by atoms with Gasteiger partial charge in [-0.2, -0.15) is 0 Å². The largest absolute Gasteiger partial charge is 0.481 e. The summed E-state index contributed by atoms with van der Waals surface area (Å²) in [6, 6.07) is -0.0677. The van der Waals surface area contributed by atoms with Crippen molar-refractivity contribution < 1.29 is 14.7 Å². The second-order valence-electron chi connectivity index (χ2n) is 5.85. The summed E-state index contributed by atoms with van der Waals surface area (Å²) in [5, 5.41) is 12.1. The Kier molecular flexibility index (Phi) is 5.20. The minimum Gasteiger partial charge on any atom is -0.481 e. The molecule has 5 heteroatoms. The van der Waals surface area contributed by atoms with Crippen LogP contribution in [0.25, 0.3) is 0 Å². The molecule has 0 radical (unpaired) electrons. The van der Waals surface area contributed by atoms with Gasteiger partial charge in [0.1, 0.15) is 0 Å². The van der Waals surface area contributed by atoms with Gasteiger partial charge < -0.3 is 15.3 Å². The van der Waals surface area contributed by atoms with Gasteiger partial charge in [-0.05, 0) is 32.1 Å². The fourth-order valence-electron chi connectivity index (χ4n) is 2.46. The van der Waals surface area contributed by atoms with Gasteiger partial charge in [0, 0.05) is 18.6 Å². The maximum atomic E-state index is 12.2. The Morgan fingerprint density at radius 3 is 2.37 bits per heavy atom. The number of carboxylic acids is 1. The Labute approximate surface area is 115 Å². The lowest BCUT2D eigenvalue weighted by atomic mass is 9.87. The first-order valence-electron chi connectivity index (χ1n) is 7.13. The summed E-state index contributed by atoms with van der Waals surface area (Å²) in [7, 11) is 0. The Morgan fingerprint density at radius 2 is 1.95 bits per heavy atom. The standard InChI is InChI=1S/C14H26N2O3/c1-5-14(4,6-2)15-13(19)16-8-7-11(12(17)18)10(3)9-16/h10-11H,5-9H2,1-4H3,(H,15,19)(H,17,18). The lowest BCUT2D eigenvalue weighted by Crippen LogP contribution is -2.54. The van der Waals surface area contributed by atoms with Crippen LogP contribution in [-0.2, 0) is 4.79 Å². The highest BCUT2D eigenvalue weighted by Crippen LogP contribution is 2.24. The summed E-state index contributed by atoms with van der Waals surface area (Å²) >= 11 is 0. The van der Waals surface area contributed by atoms with Crippen molar-refractivity contribution in [2.45, 2.75) is 52.5 Å². The number of hydrogen-bond acceptors (Lipinski definition) is 2. The Hall–Kier alpha value is -1.26. The van der Waals surface area contributed by atoms with E-state index in [-0.39, 0.29) is 23.4 Å². The topological polar surface area (TPSA) is 69.6 Å². The fourth-order valence-corrected chi connectivity index (χ4v) is 2.46. The number of nitrogens with one attached hydrogen (secondary N) is 1. The van der Waals surface area contributed by atoms with E-state index in [2.05, 4.69) is 19.2 Å². The zero-order valence-electron chi connectivity index (χ0n) is 12.4. The van der Waals surface area contributed by atoms with Crippen molar-refractivity contribution in [1.82, 2.24) is 10.2 Å². The highest BCUT2D eigenvalue weighted by molar-refractivity contribution is 5.76. The Bertz CT molecular complexity index is 340. The second kappa shape index (κ2) is 6.26. The van der Waals surface area contributed by atoms with Gasteiger partial charge in [-0.1, -0.05) is 20.8 Å². The van der Waals surface area contributed by atoms with Gasteiger partial charge in [-0.25, -0.2) is 4.79 Å². The predicted molar refractivity (Wildman–Crippen MR) is 74.0 cm³/mol. The molecule has 1 saturated heterocycles. The number of carboxylic acid groups (broad SMARTS) is 1. The first-order chi connectivity index (χ1) is 8.83. The Morgan fingerprint density at radius 1 is 1.37 bits per heavy atom. The number of rotatable bonds is 4. The molecule has 2 unspecified atom stereocenters. The van der Waals surface area contributed by atoms with E-state index in [0.717, 1.165) is 12.8 Å². The number of piperidine rings is 1. The van der Waals surface area contributed by atoms with Crippen molar-refractivity contribution in [2.75, 3.05) is 13.1 Å². The van der Waals surface area contributed by atoms with E-state index in [4.69, 9.17) is 5.11 Å². The average molecular weight is 270 g/mol. The van der Waals surface area contributed by atoms with Crippen molar-refractivity contribution >= 4 is 12.0 Å². The third-order valence-electron chi connectivity index (χ3n) is 4.48. The molecule has 2 N–H and O–H groups in total. The lowest BCUT2D eigenvalue weighted by Gasteiger charge is -2.38. The molecule has 2 atom stereocenters. The summed E-state index contributed by atoms with van der Waals surface area (Å²) in [4.78, 5) is 25.0. The molecule has 0 aromatic carbocycles. The van der Waals surface area contributed by atoms with Crippen LogP contribution in [0, 0.1) is 11.8 Å². The molecule has 0 aromatic heterocycles. The van der Waals surface area contributed by atoms with Crippen molar-refractivity contribution in [1.29, 1.82) is 0 Å². The van der Waals surface area contributed by atoms with E-state index in [0.29, 0.717) is 19.5 Å². The summed E-state index contributed by atoms with van der Waals surface area (Å²) in [6.07, 6.45) is 2.31. The maximum Gasteiger partial charge on any atom is 0.317 e. The molecule has 1 aliphatic heterocycles. The number of aliphatic carboxylic acids is 1. The molecule has 1 aliphatic rings. The SMILES string of the molecule is CCC(C)(CC)NC(=O)N1CCC(C(=O)O)C(C)C1. The van der Waals surface area contributed by atoms with Crippen LogP contribution in [0.3, 0.4) is 0 Å². The van der Waals surface area contributed by atoms with E-state index < -0.39 is 5.97 Å². The monoisotopic (exact) mass is 270 g/mol. The summed E-state index contributed by atoms with van der Waals surface area (Å²) in [6.45, 7) is 9.10. The maximum absolute atomic E-state index is 12.2. The quantitative estimate of drug-likeness (QED) is 0.823. The molecule has 0 bridgehead atoms. The summed E-state index contributed by atoms with van der Waals surface area (Å²) in [5.74, 6) is -1.07. The van der Waals surface area contributed by atoms with E-state index in [9.17, 15) is 9.59 Å². The fraction of sp³-hybridized carbons (Fsp3) is 0.857. The normalized spacial score (nSPS) is 24.1. The second-order valence-corrected chi connectivity index (χ2v) is 5.85. The molecule has 1 heterocycles. The summed E-state index contributed by atoms with van der Waals surface area (Å²) in [5.41, 5.74) is -0.177. The lowest BCUT2D eigenvalue weighted by molar-refractivity contribution is -0.145. The average Bonchev–Trinajstić information content (AvgIpc) is 2.37. The van der Waals surface area contributed by atoms with E-state index in [1.54, 1.807) is 4.90 Å². The molecular weight excluding hydrogens is 244 g/mol. The molecule has 1 fully saturated rings. The number of hydrogen-bond donors (Lipinski definition) is 2. The van der Waals surface area contributed by atoms with Gasteiger partial charge in [0.15, 0.2) is 0 Å². The van der Waals surface area contributed by atoms with Gasteiger partial charge >= 0.3 is 12.0 Å². The van der Waals surface area contributed by atoms with Crippen LogP contribution in [-0.4, -0.2) is 40.6 Å². The van der Waals surface area contributed by atoms with Gasteiger partial charge in [-0.3, -0.25) is 4.79 Å². The van der Waals surface area contributed by atoms with Gasteiger partial charge in [0.25, 0.3) is 0 Å². The third-order valence-corrected chi connectivity index (χ3v) is 4.48. The van der Waals surface area contributed by atoms with Gasteiger partial charge in [-0.15, -0.1) is 0 Å². The number of nitrogens with zero attached hydrogens (tertiary/aromatic N) is 1. The third kappa shape index (κ3) is 3.85. The molecule has 0 aromatic rings. The first kappa shape index (κ1) is 15.8. The number of urea groups is 1. The zero-order chi connectivity index (χ0) is 14.6. The minimum atomic E-state index is -0.750. The number of likely N-dealkylation sites (tertiary alicyclic amines) is 1. The molecule has 5 nitrogen and oxygen atoms in total. The summed E-state index contributed by atoms with van der Waals surface area (Å²) < 4.78 is 0.